The molecule has 0 aliphatic heterocycles. The summed E-state index contributed by atoms with van der Waals surface area (Å²) in [7, 11) is 1.83. The van der Waals surface area contributed by atoms with Crippen LogP contribution in [0.4, 0.5) is 5.13 Å². The molecule has 0 saturated carbocycles. The first-order valence-corrected chi connectivity index (χ1v) is 14.8. The van der Waals surface area contributed by atoms with Crippen LogP contribution in [0.1, 0.15) is 77.2 Å². The van der Waals surface area contributed by atoms with Gasteiger partial charge in [0.05, 0.1) is 23.9 Å². The van der Waals surface area contributed by atoms with Crippen LogP contribution in [0.3, 0.4) is 0 Å². The zero-order valence-electron chi connectivity index (χ0n) is 25.2. The highest BCUT2D eigenvalue weighted by Gasteiger charge is 2.12. The number of rotatable bonds is 11. The minimum absolute atomic E-state index is 0.104. The van der Waals surface area contributed by atoms with Gasteiger partial charge in [-0.3, -0.25) is 9.59 Å². The molecule has 0 fully saturated rings. The number of carbonyl (C=O) groups is 2. The summed E-state index contributed by atoms with van der Waals surface area (Å²) in [6, 6.07) is 9.71. The molecule has 0 saturated heterocycles. The van der Waals surface area contributed by atoms with Crippen LogP contribution < -0.4 is 10.6 Å². The highest BCUT2D eigenvalue weighted by molar-refractivity contribution is 7.14. The number of hydrogen-bond acceptors (Lipinski definition) is 5. The Hall–Kier alpha value is -2.97. The number of ether oxygens (including phenoxy) is 1. The average Bonchev–Trinajstić information content (AvgIpc) is 3.60. The first kappa shape index (κ1) is 34.1. The van der Waals surface area contributed by atoms with Gasteiger partial charge < -0.3 is 19.9 Å². The smallest absolute Gasteiger partial charge is 0.253 e. The minimum Gasteiger partial charge on any atom is -0.378 e. The summed E-state index contributed by atoms with van der Waals surface area (Å²) in [4.78, 5) is 28.3. The summed E-state index contributed by atoms with van der Waals surface area (Å²) >= 11 is 1.35. The third-order valence-electron chi connectivity index (χ3n) is 6.40. The second-order valence-corrected chi connectivity index (χ2v) is 10.5. The number of aromatic nitrogens is 2. The van der Waals surface area contributed by atoms with Crippen molar-refractivity contribution >= 4 is 28.3 Å². The standard InChI is InChI=1S/C18H18N4O2S.C11H24O.C2H6/c1-12-4-3-5-13(8-12)15-11-25-18(20-15)21-16(23)9-19-17(24)14-6-7-22(2)10-14;1-6-9(3)10(4)8-12-11(5)7-2;1-2/h3-8,10-11H,9H2,1-2H3,(H,19,24)(H,20,21,23);9-11H,6-8H2,1-5H3;1-2H3. The van der Waals surface area contributed by atoms with Crippen LogP contribution in [0.5, 0.6) is 0 Å². The summed E-state index contributed by atoms with van der Waals surface area (Å²) in [5.41, 5.74) is 3.50. The fourth-order valence-corrected chi connectivity index (χ4v) is 4.07. The van der Waals surface area contributed by atoms with Crippen LogP contribution in [-0.4, -0.2) is 40.6 Å². The normalized spacial score (nSPS) is 12.6. The van der Waals surface area contributed by atoms with Gasteiger partial charge in [0.2, 0.25) is 5.91 Å². The van der Waals surface area contributed by atoms with E-state index in [1.807, 2.05) is 57.5 Å². The van der Waals surface area contributed by atoms with E-state index in [-0.39, 0.29) is 18.4 Å². The number of amides is 2. The largest absolute Gasteiger partial charge is 0.378 e. The predicted molar refractivity (Wildman–Crippen MR) is 164 cm³/mol. The second-order valence-electron chi connectivity index (χ2n) is 9.62. The van der Waals surface area contributed by atoms with E-state index in [1.165, 1.54) is 17.8 Å². The third-order valence-corrected chi connectivity index (χ3v) is 7.16. The van der Waals surface area contributed by atoms with E-state index in [4.69, 9.17) is 4.74 Å². The molecule has 0 spiro atoms. The van der Waals surface area contributed by atoms with Gasteiger partial charge >= 0.3 is 0 Å². The van der Waals surface area contributed by atoms with Gasteiger partial charge in [-0.1, -0.05) is 71.7 Å². The van der Waals surface area contributed by atoms with Gasteiger partial charge in [-0.25, -0.2) is 4.98 Å². The molecule has 2 heterocycles. The van der Waals surface area contributed by atoms with Gasteiger partial charge in [-0.2, -0.15) is 0 Å². The molecule has 0 bridgehead atoms. The van der Waals surface area contributed by atoms with Crippen molar-refractivity contribution in [3.8, 4) is 11.3 Å². The number of hydrogen-bond donors (Lipinski definition) is 2. The Labute approximate surface area is 239 Å². The summed E-state index contributed by atoms with van der Waals surface area (Å²) in [5.74, 6) is 0.891. The molecule has 8 heteroatoms. The maximum absolute atomic E-state index is 12.0. The van der Waals surface area contributed by atoms with E-state index in [2.05, 4.69) is 50.2 Å². The van der Waals surface area contributed by atoms with Crippen molar-refractivity contribution in [2.75, 3.05) is 18.5 Å². The molecule has 3 unspecified atom stereocenters. The lowest BCUT2D eigenvalue weighted by atomic mass is 9.94. The molecule has 3 rings (SSSR count). The van der Waals surface area contributed by atoms with Crippen LogP contribution in [-0.2, 0) is 16.6 Å². The van der Waals surface area contributed by atoms with Crippen molar-refractivity contribution in [3.05, 3.63) is 59.2 Å². The second kappa shape index (κ2) is 18.3. The van der Waals surface area contributed by atoms with Crippen molar-refractivity contribution < 1.29 is 14.3 Å². The number of thiazole rings is 1. The number of nitrogens with one attached hydrogen (secondary N) is 2. The highest BCUT2D eigenvalue weighted by atomic mass is 32.1. The van der Waals surface area contributed by atoms with E-state index in [0.29, 0.717) is 22.7 Å². The van der Waals surface area contributed by atoms with Gasteiger partial charge in [0.15, 0.2) is 5.13 Å². The maximum Gasteiger partial charge on any atom is 0.253 e. The molecule has 39 heavy (non-hydrogen) atoms. The number of anilines is 1. The van der Waals surface area contributed by atoms with Gasteiger partial charge in [0.1, 0.15) is 0 Å². The van der Waals surface area contributed by atoms with Gasteiger partial charge in [-0.05, 0) is 44.2 Å². The van der Waals surface area contributed by atoms with E-state index in [0.717, 1.165) is 35.8 Å². The number of benzene rings is 1. The molecule has 1 aromatic carbocycles. The zero-order chi connectivity index (χ0) is 29.4. The van der Waals surface area contributed by atoms with Crippen molar-refractivity contribution in [2.24, 2.45) is 18.9 Å². The first-order chi connectivity index (χ1) is 18.6. The quantitative estimate of drug-likeness (QED) is 0.259. The molecule has 2 aromatic heterocycles. The van der Waals surface area contributed by atoms with Gasteiger partial charge in [-0.15, -0.1) is 11.3 Å². The molecule has 216 valence electrons. The lowest BCUT2D eigenvalue weighted by Crippen LogP contribution is -2.32. The Morgan fingerprint density at radius 2 is 1.79 bits per heavy atom. The average molecular weight is 557 g/mol. The van der Waals surface area contributed by atoms with Crippen molar-refractivity contribution in [2.45, 2.75) is 74.3 Å². The summed E-state index contributed by atoms with van der Waals surface area (Å²) in [5, 5.41) is 7.70. The summed E-state index contributed by atoms with van der Waals surface area (Å²) < 4.78 is 7.45. The molecule has 0 aliphatic rings. The molecular weight excluding hydrogens is 508 g/mol. The lowest BCUT2D eigenvalue weighted by Gasteiger charge is -2.20. The van der Waals surface area contributed by atoms with E-state index in [9.17, 15) is 9.59 Å². The number of nitrogens with zero attached hydrogens (tertiary/aromatic N) is 2. The summed E-state index contributed by atoms with van der Waals surface area (Å²) in [6.45, 7) is 18.0. The molecule has 0 radical (unpaired) electrons. The van der Waals surface area contributed by atoms with E-state index < -0.39 is 0 Å². The zero-order valence-corrected chi connectivity index (χ0v) is 26.0. The van der Waals surface area contributed by atoms with Crippen LogP contribution in [0.25, 0.3) is 11.3 Å². The molecular formula is C31H48N4O3S. The molecule has 2 N–H and O–H groups in total. The topological polar surface area (TPSA) is 85.3 Å². The number of carbonyl (C=O) groups excluding carboxylic acids is 2. The molecule has 3 atom stereocenters. The Balaban J connectivity index is 0.000000461. The fourth-order valence-electron chi connectivity index (χ4n) is 3.33. The lowest BCUT2D eigenvalue weighted by molar-refractivity contribution is -0.115. The molecule has 3 aromatic rings. The number of aryl methyl sites for hydroxylation is 2. The maximum atomic E-state index is 12.0. The van der Waals surface area contributed by atoms with Crippen LogP contribution >= 0.6 is 11.3 Å². The molecule has 2 amide bonds. The Morgan fingerprint density at radius 3 is 2.38 bits per heavy atom. The van der Waals surface area contributed by atoms with Crippen molar-refractivity contribution in [1.29, 1.82) is 0 Å². The predicted octanol–water partition coefficient (Wildman–Crippen LogP) is 7.34. The van der Waals surface area contributed by atoms with Crippen LogP contribution in [0.15, 0.2) is 48.1 Å². The monoisotopic (exact) mass is 556 g/mol. The molecule has 0 aliphatic carbocycles. The van der Waals surface area contributed by atoms with E-state index >= 15 is 0 Å². The molecule has 7 nitrogen and oxygen atoms in total. The Bertz CT molecular complexity index is 1120. The Morgan fingerprint density at radius 1 is 1.08 bits per heavy atom. The van der Waals surface area contributed by atoms with Crippen molar-refractivity contribution in [1.82, 2.24) is 14.9 Å². The van der Waals surface area contributed by atoms with Crippen LogP contribution in [0, 0.1) is 18.8 Å². The van der Waals surface area contributed by atoms with Gasteiger partial charge in [0.25, 0.3) is 5.91 Å². The third kappa shape index (κ3) is 12.6. The minimum atomic E-state index is -0.311. The summed E-state index contributed by atoms with van der Waals surface area (Å²) in [6.07, 6.45) is 6.27. The van der Waals surface area contributed by atoms with Gasteiger partial charge in [0, 0.05) is 37.0 Å². The SMILES string of the molecule is CC.CCC(C)OCC(C)C(C)CC.Cc1cccc(-c2csc(NC(=O)CNC(=O)c3ccn(C)c3)n2)c1. The Kier molecular flexibility index (Phi) is 16.0. The van der Waals surface area contributed by atoms with E-state index in [1.54, 1.807) is 23.0 Å². The first-order valence-electron chi connectivity index (χ1n) is 14.0. The van der Waals surface area contributed by atoms with Crippen molar-refractivity contribution in [3.63, 3.8) is 0 Å². The fraction of sp³-hybridized carbons (Fsp3) is 0.516. The highest BCUT2D eigenvalue weighted by Crippen LogP contribution is 2.25. The van der Waals surface area contributed by atoms with Crippen LogP contribution in [0.2, 0.25) is 0 Å².